The molecule has 1 aliphatic carbocycles. The van der Waals surface area contributed by atoms with E-state index >= 15 is 0 Å². The molecule has 2 fully saturated rings. The van der Waals surface area contributed by atoms with E-state index in [-0.39, 0.29) is 28.8 Å². The number of amides is 1. The quantitative estimate of drug-likeness (QED) is 0.663. The zero-order valence-corrected chi connectivity index (χ0v) is 14.3. The molecule has 1 aromatic rings. The van der Waals surface area contributed by atoms with Crippen molar-refractivity contribution in [3.05, 3.63) is 33.3 Å². The number of nitrogens with zero attached hydrogens (tertiary/aromatic N) is 2. The fraction of sp³-hybridized carbons (Fsp3) is 0.588. The van der Waals surface area contributed by atoms with E-state index in [9.17, 15) is 14.9 Å². The normalized spacial score (nSPS) is 24.2. The number of fused-ring (bicyclic) bond motifs is 1. The van der Waals surface area contributed by atoms with Gasteiger partial charge >= 0.3 is 0 Å². The molecular weight excluding hydrogens is 330 g/mol. The second-order valence-corrected chi connectivity index (χ2v) is 7.23. The number of anilines is 1. The molecule has 1 aromatic carbocycles. The minimum Gasteiger partial charge on any atom is -0.319 e. The maximum absolute atomic E-state index is 12.3. The molecule has 6 nitrogen and oxygen atoms in total. The van der Waals surface area contributed by atoms with Gasteiger partial charge in [-0.3, -0.25) is 19.8 Å². The molecular formula is C17H22ClN3O3. The van der Waals surface area contributed by atoms with Gasteiger partial charge in [-0.05, 0) is 43.4 Å². The molecule has 0 unspecified atom stereocenters. The molecule has 1 saturated carbocycles. The molecule has 0 aromatic heterocycles. The van der Waals surface area contributed by atoms with E-state index in [1.165, 1.54) is 43.9 Å². The van der Waals surface area contributed by atoms with Crippen LogP contribution in [0.5, 0.6) is 0 Å². The summed E-state index contributed by atoms with van der Waals surface area (Å²) < 4.78 is 0. The summed E-state index contributed by atoms with van der Waals surface area (Å²) in [5.41, 5.74) is 0.0174. The Morgan fingerprint density at radius 2 is 2.04 bits per heavy atom. The zero-order valence-electron chi connectivity index (χ0n) is 13.5. The van der Waals surface area contributed by atoms with E-state index in [1.807, 2.05) is 0 Å². The van der Waals surface area contributed by atoms with Crippen LogP contribution in [0.15, 0.2) is 18.2 Å². The van der Waals surface area contributed by atoms with Gasteiger partial charge in [-0.2, -0.15) is 0 Å². The summed E-state index contributed by atoms with van der Waals surface area (Å²) in [7, 11) is 0. The van der Waals surface area contributed by atoms with Crippen molar-refractivity contribution in [2.45, 2.75) is 32.1 Å². The molecule has 1 N–H and O–H groups in total. The first-order valence-corrected chi connectivity index (χ1v) is 8.87. The topological polar surface area (TPSA) is 75.5 Å². The molecule has 1 heterocycles. The van der Waals surface area contributed by atoms with E-state index in [0.717, 1.165) is 25.4 Å². The Hall–Kier alpha value is -1.66. The Balaban J connectivity index is 1.59. The van der Waals surface area contributed by atoms with E-state index < -0.39 is 4.92 Å². The second-order valence-electron chi connectivity index (χ2n) is 6.80. The van der Waals surface area contributed by atoms with Crippen molar-refractivity contribution in [3.63, 3.8) is 0 Å². The molecule has 130 valence electrons. The van der Waals surface area contributed by atoms with Crippen LogP contribution in [0.4, 0.5) is 11.4 Å². The predicted octanol–water partition coefficient (Wildman–Crippen LogP) is 3.70. The maximum Gasteiger partial charge on any atom is 0.294 e. The number of hydrogen-bond acceptors (Lipinski definition) is 4. The number of nitro groups is 1. The van der Waals surface area contributed by atoms with Crippen LogP contribution in [-0.4, -0.2) is 35.4 Å². The summed E-state index contributed by atoms with van der Waals surface area (Å²) in [6, 6.07) is 4.27. The van der Waals surface area contributed by atoms with Crippen molar-refractivity contribution in [1.29, 1.82) is 0 Å². The molecule has 3 rings (SSSR count). The standard InChI is InChI=1S/C17H22ClN3O3/c18-14-5-6-15(16(9-14)21(23)24)19-17(22)11-20-8-7-12-3-1-2-4-13(12)10-20/h5-6,9,12-13H,1-4,7-8,10-11H2,(H,19,22)/t12-,13+/m0/s1. The lowest BCUT2D eigenvalue weighted by Crippen LogP contribution is -2.44. The number of rotatable bonds is 4. The Morgan fingerprint density at radius 1 is 1.29 bits per heavy atom. The minimum absolute atomic E-state index is 0.179. The largest absolute Gasteiger partial charge is 0.319 e. The first-order chi connectivity index (χ1) is 11.5. The summed E-state index contributed by atoms with van der Waals surface area (Å²) in [6.07, 6.45) is 6.35. The van der Waals surface area contributed by atoms with Crippen molar-refractivity contribution >= 4 is 28.9 Å². The van der Waals surface area contributed by atoms with Gasteiger partial charge in [0.1, 0.15) is 5.69 Å². The van der Waals surface area contributed by atoms with Crippen LogP contribution < -0.4 is 5.32 Å². The Bertz CT molecular complexity index is 638. The molecule has 1 saturated heterocycles. The number of hydrogen-bond donors (Lipinski definition) is 1. The molecule has 1 amide bonds. The average molecular weight is 352 g/mol. The number of carbonyl (C=O) groups is 1. The van der Waals surface area contributed by atoms with Gasteiger partial charge < -0.3 is 5.32 Å². The average Bonchev–Trinajstić information content (AvgIpc) is 2.56. The van der Waals surface area contributed by atoms with E-state index in [2.05, 4.69) is 10.2 Å². The van der Waals surface area contributed by atoms with Gasteiger partial charge in [0.25, 0.3) is 5.69 Å². The van der Waals surface area contributed by atoms with Crippen molar-refractivity contribution in [3.8, 4) is 0 Å². The van der Waals surface area contributed by atoms with Crippen molar-refractivity contribution in [2.24, 2.45) is 11.8 Å². The number of carbonyl (C=O) groups excluding carboxylic acids is 1. The van der Waals surface area contributed by atoms with Crippen LogP contribution >= 0.6 is 11.6 Å². The van der Waals surface area contributed by atoms with Crippen LogP contribution in [0.3, 0.4) is 0 Å². The number of piperidine rings is 1. The third-order valence-electron chi connectivity index (χ3n) is 5.17. The number of halogens is 1. The molecule has 0 radical (unpaired) electrons. The first-order valence-electron chi connectivity index (χ1n) is 8.49. The molecule has 0 spiro atoms. The third-order valence-corrected chi connectivity index (χ3v) is 5.41. The Morgan fingerprint density at radius 3 is 2.79 bits per heavy atom. The maximum atomic E-state index is 12.3. The monoisotopic (exact) mass is 351 g/mol. The molecule has 24 heavy (non-hydrogen) atoms. The predicted molar refractivity (Wildman–Crippen MR) is 93.2 cm³/mol. The van der Waals surface area contributed by atoms with Gasteiger partial charge in [-0.25, -0.2) is 0 Å². The zero-order chi connectivity index (χ0) is 17.1. The molecule has 2 atom stereocenters. The van der Waals surface area contributed by atoms with Crippen LogP contribution in [-0.2, 0) is 4.79 Å². The van der Waals surface area contributed by atoms with Gasteiger partial charge in [-0.15, -0.1) is 0 Å². The summed E-state index contributed by atoms with van der Waals surface area (Å²) in [6.45, 7) is 2.17. The number of benzene rings is 1. The highest BCUT2D eigenvalue weighted by Crippen LogP contribution is 2.36. The minimum atomic E-state index is -0.533. The highest BCUT2D eigenvalue weighted by molar-refractivity contribution is 6.31. The highest BCUT2D eigenvalue weighted by Gasteiger charge is 2.31. The third kappa shape index (κ3) is 4.05. The van der Waals surface area contributed by atoms with Gasteiger partial charge in [0, 0.05) is 17.6 Å². The summed E-state index contributed by atoms with van der Waals surface area (Å²) in [4.78, 5) is 25.0. The molecule has 1 aliphatic heterocycles. The lowest BCUT2D eigenvalue weighted by Gasteiger charge is -2.41. The lowest BCUT2D eigenvalue weighted by molar-refractivity contribution is -0.383. The van der Waals surface area contributed by atoms with E-state index in [1.54, 1.807) is 0 Å². The molecule has 7 heteroatoms. The Kier molecular flexibility index (Phi) is 5.36. The summed E-state index contributed by atoms with van der Waals surface area (Å²) in [5.74, 6) is 1.30. The fourth-order valence-corrected chi connectivity index (χ4v) is 4.14. The van der Waals surface area contributed by atoms with Gasteiger partial charge in [0.2, 0.25) is 5.91 Å². The van der Waals surface area contributed by atoms with Crippen LogP contribution in [0.2, 0.25) is 5.02 Å². The van der Waals surface area contributed by atoms with Crippen molar-refractivity contribution in [1.82, 2.24) is 4.90 Å². The smallest absolute Gasteiger partial charge is 0.294 e. The van der Waals surface area contributed by atoms with Crippen LogP contribution in [0, 0.1) is 22.0 Å². The van der Waals surface area contributed by atoms with Crippen molar-refractivity contribution < 1.29 is 9.72 Å². The van der Waals surface area contributed by atoms with Crippen molar-refractivity contribution in [2.75, 3.05) is 25.0 Å². The van der Waals surface area contributed by atoms with Gasteiger partial charge in [-0.1, -0.05) is 30.9 Å². The lowest BCUT2D eigenvalue weighted by atomic mass is 9.75. The second kappa shape index (κ2) is 7.49. The highest BCUT2D eigenvalue weighted by atomic mass is 35.5. The number of likely N-dealkylation sites (tertiary alicyclic amines) is 1. The van der Waals surface area contributed by atoms with E-state index in [4.69, 9.17) is 11.6 Å². The first kappa shape index (κ1) is 17.2. The van der Waals surface area contributed by atoms with E-state index in [0.29, 0.717) is 5.92 Å². The number of nitro benzene ring substituents is 1. The summed E-state index contributed by atoms with van der Waals surface area (Å²) >= 11 is 5.79. The SMILES string of the molecule is O=C(CN1CC[C@@H]2CCCC[C@@H]2C1)Nc1ccc(Cl)cc1[N+](=O)[O-]. The van der Waals surface area contributed by atoms with Gasteiger partial charge in [0.15, 0.2) is 0 Å². The number of nitrogens with one attached hydrogen (secondary N) is 1. The van der Waals surface area contributed by atoms with Crippen LogP contribution in [0.1, 0.15) is 32.1 Å². The van der Waals surface area contributed by atoms with Crippen LogP contribution in [0.25, 0.3) is 0 Å². The molecule has 2 aliphatic rings. The fourth-order valence-electron chi connectivity index (χ4n) is 3.97. The summed E-state index contributed by atoms with van der Waals surface area (Å²) in [5, 5.41) is 14.0. The molecule has 0 bridgehead atoms. The Labute approximate surface area is 146 Å². The van der Waals surface area contributed by atoms with Gasteiger partial charge in [0.05, 0.1) is 11.5 Å².